The number of aromatic nitrogens is 2. The molecule has 0 bridgehead atoms. The molecule has 0 saturated heterocycles. The molecule has 0 saturated carbocycles. The number of nitrogens with zero attached hydrogens (tertiary/aromatic N) is 2. The molecule has 7 rings (SSSR count). The maximum atomic E-state index is 14.1. The van der Waals surface area contributed by atoms with Crippen LogP contribution in [-0.4, -0.2) is 9.55 Å². The van der Waals surface area contributed by atoms with Crippen LogP contribution in [-0.2, 0) is 20.1 Å². The molecule has 0 atom stereocenters. The van der Waals surface area contributed by atoms with E-state index in [9.17, 15) is 4.39 Å². The van der Waals surface area contributed by atoms with Crippen molar-refractivity contribution in [2.75, 3.05) is 0 Å². The second-order valence-corrected chi connectivity index (χ2v) is 11.3. The normalized spacial score (nSPS) is 11.7. The van der Waals surface area contributed by atoms with E-state index >= 15 is 0 Å². The fourth-order valence-corrected chi connectivity index (χ4v) is 5.92. The molecule has 0 unspecified atom stereocenters. The van der Waals surface area contributed by atoms with Crippen molar-refractivity contribution in [3.63, 3.8) is 0 Å². The fraction of sp³-hybridized carbons (Fsp3) is 0.162. The van der Waals surface area contributed by atoms with E-state index in [0.29, 0.717) is 11.2 Å². The van der Waals surface area contributed by atoms with Crippen LogP contribution in [0.25, 0.3) is 61.2 Å². The second-order valence-electron chi connectivity index (χ2n) is 11.3. The molecular weight excluding hydrogens is 700 g/mol. The van der Waals surface area contributed by atoms with E-state index in [1.807, 2.05) is 24.3 Å². The van der Waals surface area contributed by atoms with E-state index in [2.05, 4.69) is 92.9 Å². The Balaban J connectivity index is 0.00000316. The molecule has 0 spiro atoms. The van der Waals surface area contributed by atoms with Gasteiger partial charge in [-0.3, -0.25) is 4.98 Å². The molecule has 5 aromatic carbocycles. The maximum absolute atomic E-state index is 14.1. The van der Waals surface area contributed by atoms with Crippen molar-refractivity contribution in [2.24, 2.45) is 0 Å². The zero-order chi connectivity index (χ0) is 28.2. The SMILES string of the molecule is CC(C)c1cc(-c2ccccc2)cc(C(C)C)c1-n1c(-c2[c-]ccc3c2oc2cc(F)ccc23)nc2ccccc21.[Ir]. The van der Waals surface area contributed by atoms with Crippen LogP contribution in [0, 0.1) is 11.9 Å². The smallest absolute Gasteiger partial charge is 0.126 e. The molecule has 0 amide bonds. The first-order valence-corrected chi connectivity index (χ1v) is 14.1. The van der Waals surface area contributed by atoms with Gasteiger partial charge in [-0.1, -0.05) is 81.1 Å². The Morgan fingerprint density at radius 1 is 0.762 bits per heavy atom. The van der Waals surface area contributed by atoms with Gasteiger partial charge in [-0.2, -0.15) is 0 Å². The molecule has 1 radical (unpaired) electrons. The summed E-state index contributed by atoms with van der Waals surface area (Å²) in [6.07, 6.45) is 0. The summed E-state index contributed by atoms with van der Waals surface area (Å²) < 4.78 is 22.7. The minimum atomic E-state index is -0.323. The molecule has 0 aliphatic heterocycles. The van der Waals surface area contributed by atoms with Crippen LogP contribution >= 0.6 is 0 Å². The van der Waals surface area contributed by atoms with Crippen molar-refractivity contribution < 1.29 is 28.9 Å². The largest absolute Gasteiger partial charge is 0.500 e. The Morgan fingerprint density at radius 3 is 2.17 bits per heavy atom. The van der Waals surface area contributed by atoms with Gasteiger partial charge in [0.2, 0.25) is 0 Å². The van der Waals surface area contributed by atoms with Gasteiger partial charge in [-0.05, 0) is 70.5 Å². The number of rotatable bonds is 5. The van der Waals surface area contributed by atoms with Crippen molar-refractivity contribution in [1.82, 2.24) is 9.55 Å². The van der Waals surface area contributed by atoms with Crippen molar-refractivity contribution >= 4 is 33.0 Å². The van der Waals surface area contributed by atoms with Crippen LogP contribution in [0.2, 0.25) is 0 Å². The first-order valence-electron chi connectivity index (χ1n) is 14.1. The first kappa shape index (κ1) is 28.1. The van der Waals surface area contributed by atoms with Gasteiger partial charge in [-0.25, -0.2) is 4.39 Å². The average molecular weight is 730 g/mol. The van der Waals surface area contributed by atoms with Gasteiger partial charge >= 0.3 is 0 Å². The topological polar surface area (TPSA) is 31.0 Å². The summed E-state index contributed by atoms with van der Waals surface area (Å²) >= 11 is 0. The maximum Gasteiger partial charge on any atom is 0.126 e. The van der Waals surface area contributed by atoms with Gasteiger partial charge in [0.1, 0.15) is 11.4 Å². The number of furan rings is 1. The number of hydrogen-bond donors (Lipinski definition) is 0. The molecule has 42 heavy (non-hydrogen) atoms. The molecule has 2 aromatic heterocycles. The van der Waals surface area contributed by atoms with Crippen molar-refractivity contribution in [2.45, 2.75) is 39.5 Å². The molecule has 0 aliphatic carbocycles. The summed E-state index contributed by atoms with van der Waals surface area (Å²) in [5.74, 6) is 0.951. The van der Waals surface area contributed by atoms with Crippen LogP contribution in [0.3, 0.4) is 0 Å². The summed E-state index contributed by atoms with van der Waals surface area (Å²) in [6.45, 7) is 8.99. The van der Waals surface area contributed by atoms with Crippen LogP contribution in [0.15, 0.2) is 101 Å². The van der Waals surface area contributed by atoms with E-state index in [-0.39, 0.29) is 37.8 Å². The molecule has 7 aromatic rings. The molecule has 2 heterocycles. The van der Waals surface area contributed by atoms with Crippen molar-refractivity contribution in [3.8, 4) is 28.2 Å². The summed E-state index contributed by atoms with van der Waals surface area (Å²) in [7, 11) is 0. The third-order valence-corrected chi connectivity index (χ3v) is 7.92. The predicted octanol–water partition coefficient (Wildman–Crippen LogP) is 10.4. The van der Waals surface area contributed by atoms with Crippen LogP contribution < -0.4 is 0 Å². The van der Waals surface area contributed by atoms with E-state index in [0.717, 1.165) is 38.9 Å². The average Bonchev–Trinajstić information content (AvgIpc) is 3.54. The molecule has 0 N–H and O–H groups in total. The quantitative estimate of drug-likeness (QED) is 0.165. The Hall–Kier alpha value is -4.05. The molecule has 3 nitrogen and oxygen atoms in total. The number of hydrogen-bond acceptors (Lipinski definition) is 2. The summed E-state index contributed by atoms with van der Waals surface area (Å²) in [5.41, 5.74) is 9.89. The molecular formula is C37H30FIrN2O-. The van der Waals surface area contributed by atoms with Crippen LogP contribution in [0.5, 0.6) is 0 Å². The third kappa shape index (κ3) is 4.58. The number of fused-ring (bicyclic) bond motifs is 4. The van der Waals surface area contributed by atoms with Gasteiger partial charge in [-0.15, -0.1) is 18.2 Å². The van der Waals surface area contributed by atoms with E-state index in [4.69, 9.17) is 9.40 Å². The standard InChI is InChI=1S/C37H30FN2O.Ir/c1-22(2)30-19-25(24-11-6-5-7-12-24)20-31(23(3)4)35(30)40-33-16-9-8-15-32(33)39-37(40)29-14-10-13-28-27-18-17-26(38)21-34(27)41-36(28)29;/h5-13,15-23H,1-4H3;/q-1;. The number of imidazole rings is 1. The summed E-state index contributed by atoms with van der Waals surface area (Å²) in [6, 6.07) is 35.5. The minimum Gasteiger partial charge on any atom is -0.500 e. The molecule has 5 heteroatoms. The van der Waals surface area contributed by atoms with Gasteiger partial charge in [0.05, 0.1) is 22.4 Å². The van der Waals surface area contributed by atoms with Gasteiger partial charge in [0, 0.05) is 37.2 Å². The predicted molar refractivity (Wildman–Crippen MR) is 166 cm³/mol. The molecule has 0 fully saturated rings. The molecule has 211 valence electrons. The number of para-hydroxylation sites is 2. The monoisotopic (exact) mass is 730 g/mol. The fourth-order valence-electron chi connectivity index (χ4n) is 5.92. The zero-order valence-corrected chi connectivity index (χ0v) is 26.3. The Bertz CT molecular complexity index is 2040. The van der Waals surface area contributed by atoms with E-state index in [1.165, 1.54) is 34.4 Å². The van der Waals surface area contributed by atoms with Crippen LogP contribution in [0.1, 0.15) is 50.7 Å². The Morgan fingerprint density at radius 2 is 1.45 bits per heavy atom. The van der Waals surface area contributed by atoms with E-state index < -0.39 is 0 Å². The zero-order valence-electron chi connectivity index (χ0n) is 23.9. The van der Waals surface area contributed by atoms with Crippen LogP contribution in [0.4, 0.5) is 4.39 Å². The van der Waals surface area contributed by atoms with Gasteiger partial charge in [0.15, 0.2) is 0 Å². The van der Waals surface area contributed by atoms with E-state index in [1.54, 1.807) is 6.07 Å². The summed E-state index contributed by atoms with van der Waals surface area (Å²) in [4.78, 5) is 5.18. The molecule has 0 aliphatic rings. The number of benzene rings is 5. The minimum absolute atomic E-state index is 0. The summed E-state index contributed by atoms with van der Waals surface area (Å²) in [5, 5.41) is 1.79. The Kier molecular flexibility index (Phi) is 7.34. The van der Waals surface area contributed by atoms with Gasteiger partial charge < -0.3 is 8.98 Å². The Labute approximate surface area is 258 Å². The van der Waals surface area contributed by atoms with Crippen molar-refractivity contribution in [3.05, 3.63) is 120 Å². The first-order chi connectivity index (χ1) is 19.9. The number of halogens is 1. The van der Waals surface area contributed by atoms with Gasteiger partial charge in [0.25, 0.3) is 0 Å². The third-order valence-electron chi connectivity index (χ3n) is 7.92. The van der Waals surface area contributed by atoms with Crippen molar-refractivity contribution in [1.29, 1.82) is 0 Å². The second kappa shape index (κ2) is 11.0.